The van der Waals surface area contributed by atoms with E-state index in [2.05, 4.69) is 14.7 Å². The molecule has 0 fully saturated rings. The van der Waals surface area contributed by atoms with Crippen LogP contribution in [-0.4, -0.2) is 18.4 Å². The summed E-state index contributed by atoms with van der Waals surface area (Å²) in [5.41, 5.74) is 5.45. The van der Waals surface area contributed by atoms with Gasteiger partial charge in [-0.25, -0.2) is 27.5 Å². The summed E-state index contributed by atoms with van der Waals surface area (Å²) in [5.74, 6) is -0.806. The van der Waals surface area contributed by atoms with Gasteiger partial charge in [-0.1, -0.05) is 0 Å². The summed E-state index contributed by atoms with van der Waals surface area (Å²) >= 11 is 0. The lowest BCUT2D eigenvalue weighted by molar-refractivity contribution is 0.595. The predicted molar refractivity (Wildman–Crippen MR) is 63.7 cm³/mol. The molecule has 3 N–H and O–H groups in total. The summed E-state index contributed by atoms with van der Waals surface area (Å²) in [5, 5.41) is 0. The monoisotopic (exact) mass is 268 g/mol. The normalized spacial score (nSPS) is 11.2. The number of rotatable bonds is 3. The third-order valence-corrected chi connectivity index (χ3v) is 3.44. The number of halogens is 1. The molecule has 0 bridgehead atoms. The molecule has 0 saturated heterocycles. The standard InChI is InChI=1S/C10H9FN4O2S/c11-7-2-3-8(12)9(6-7)18(16,17)15-10-13-4-1-5-14-10/h1-6H,12H2,(H,13,14,15). The Balaban J connectivity index is 2.40. The summed E-state index contributed by atoms with van der Waals surface area (Å²) in [4.78, 5) is 7.06. The molecule has 0 aliphatic heterocycles. The molecule has 94 valence electrons. The maximum absolute atomic E-state index is 13.0. The minimum absolute atomic E-state index is 0.0557. The van der Waals surface area contributed by atoms with Crippen molar-refractivity contribution >= 4 is 21.7 Å². The molecule has 0 saturated carbocycles. The molecule has 2 aromatic rings. The van der Waals surface area contributed by atoms with E-state index >= 15 is 0 Å². The first-order valence-corrected chi connectivity index (χ1v) is 6.32. The fourth-order valence-electron chi connectivity index (χ4n) is 1.27. The van der Waals surface area contributed by atoms with Gasteiger partial charge in [0, 0.05) is 12.4 Å². The Kier molecular flexibility index (Phi) is 3.11. The highest BCUT2D eigenvalue weighted by Gasteiger charge is 2.19. The maximum Gasteiger partial charge on any atom is 0.266 e. The fourth-order valence-corrected chi connectivity index (χ4v) is 2.37. The minimum Gasteiger partial charge on any atom is -0.398 e. The number of hydrogen-bond acceptors (Lipinski definition) is 5. The molecule has 0 unspecified atom stereocenters. The summed E-state index contributed by atoms with van der Waals surface area (Å²) in [6.45, 7) is 0. The van der Waals surface area contributed by atoms with Crippen LogP contribution in [0.2, 0.25) is 0 Å². The summed E-state index contributed by atoms with van der Waals surface area (Å²) in [6, 6.07) is 4.62. The van der Waals surface area contributed by atoms with Crippen LogP contribution in [0, 0.1) is 5.82 Å². The van der Waals surface area contributed by atoms with Crippen LogP contribution < -0.4 is 10.5 Å². The van der Waals surface area contributed by atoms with E-state index in [1.165, 1.54) is 24.5 Å². The molecule has 2 rings (SSSR count). The first-order valence-electron chi connectivity index (χ1n) is 4.84. The highest BCUT2D eigenvalue weighted by atomic mass is 32.2. The number of hydrogen-bond donors (Lipinski definition) is 2. The molecule has 0 radical (unpaired) electrons. The number of sulfonamides is 1. The predicted octanol–water partition coefficient (Wildman–Crippen LogP) is 0.999. The lowest BCUT2D eigenvalue weighted by Crippen LogP contribution is -2.16. The van der Waals surface area contributed by atoms with Crippen molar-refractivity contribution in [1.82, 2.24) is 9.97 Å². The van der Waals surface area contributed by atoms with E-state index in [9.17, 15) is 12.8 Å². The van der Waals surface area contributed by atoms with Crippen molar-refractivity contribution in [2.24, 2.45) is 0 Å². The molecular formula is C10H9FN4O2S. The maximum atomic E-state index is 13.0. The SMILES string of the molecule is Nc1ccc(F)cc1S(=O)(=O)Nc1ncccn1. The third-order valence-electron chi connectivity index (χ3n) is 2.06. The second-order valence-electron chi connectivity index (χ2n) is 3.36. The van der Waals surface area contributed by atoms with Crippen LogP contribution in [0.15, 0.2) is 41.6 Å². The second kappa shape index (κ2) is 4.57. The zero-order valence-corrected chi connectivity index (χ0v) is 9.86. The highest BCUT2D eigenvalue weighted by molar-refractivity contribution is 7.92. The molecule has 0 spiro atoms. The van der Waals surface area contributed by atoms with Gasteiger partial charge in [-0.15, -0.1) is 0 Å². The lowest BCUT2D eigenvalue weighted by Gasteiger charge is -2.08. The summed E-state index contributed by atoms with van der Waals surface area (Å²) in [6.07, 6.45) is 2.75. The number of anilines is 2. The zero-order chi connectivity index (χ0) is 13.2. The van der Waals surface area contributed by atoms with Gasteiger partial charge >= 0.3 is 0 Å². The van der Waals surface area contributed by atoms with Crippen molar-refractivity contribution in [2.75, 3.05) is 10.5 Å². The Morgan fingerprint density at radius 1 is 1.22 bits per heavy atom. The van der Waals surface area contributed by atoms with Crippen LogP contribution in [0.3, 0.4) is 0 Å². The number of nitrogens with two attached hydrogens (primary N) is 1. The Morgan fingerprint density at radius 2 is 1.89 bits per heavy atom. The quantitative estimate of drug-likeness (QED) is 0.809. The van der Waals surface area contributed by atoms with Crippen LogP contribution in [-0.2, 0) is 10.0 Å². The van der Waals surface area contributed by atoms with Crippen LogP contribution >= 0.6 is 0 Å². The van der Waals surface area contributed by atoms with Crippen LogP contribution in [0.5, 0.6) is 0 Å². The van der Waals surface area contributed by atoms with Crippen molar-refractivity contribution in [3.05, 3.63) is 42.5 Å². The van der Waals surface area contributed by atoms with E-state index in [0.717, 1.165) is 12.1 Å². The van der Waals surface area contributed by atoms with Gasteiger partial charge in [0.1, 0.15) is 10.7 Å². The molecule has 1 heterocycles. The van der Waals surface area contributed by atoms with Gasteiger partial charge in [0.05, 0.1) is 5.69 Å². The number of nitrogens with one attached hydrogen (secondary N) is 1. The van der Waals surface area contributed by atoms with E-state index < -0.39 is 15.8 Å². The van der Waals surface area contributed by atoms with E-state index in [1.807, 2.05) is 0 Å². The van der Waals surface area contributed by atoms with Gasteiger partial charge in [0.2, 0.25) is 5.95 Å². The van der Waals surface area contributed by atoms with Crippen LogP contribution in [0.4, 0.5) is 16.0 Å². The van der Waals surface area contributed by atoms with Crippen molar-refractivity contribution in [3.63, 3.8) is 0 Å². The number of nitrogens with zero attached hydrogens (tertiary/aromatic N) is 2. The molecular weight excluding hydrogens is 259 g/mol. The molecule has 0 amide bonds. The molecule has 1 aromatic heterocycles. The molecule has 1 aromatic carbocycles. The van der Waals surface area contributed by atoms with Crippen molar-refractivity contribution in [3.8, 4) is 0 Å². The Labute approximate surface area is 103 Å². The Bertz CT molecular complexity index is 661. The first kappa shape index (κ1) is 12.2. The molecule has 0 aliphatic carbocycles. The van der Waals surface area contributed by atoms with Gasteiger partial charge in [-0.2, -0.15) is 0 Å². The van der Waals surface area contributed by atoms with Crippen molar-refractivity contribution < 1.29 is 12.8 Å². The summed E-state index contributed by atoms with van der Waals surface area (Å²) < 4.78 is 39.0. The topological polar surface area (TPSA) is 98.0 Å². The van der Waals surface area contributed by atoms with Crippen LogP contribution in [0.1, 0.15) is 0 Å². The number of aromatic nitrogens is 2. The Morgan fingerprint density at radius 3 is 2.56 bits per heavy atom. The largest absolute Gasteiger partial charge is 0.398 e. The van der Waals surface area contributed by atoms with E-state index in [0.29, 0.717) is 0 Å². The van der Waals surface area contributed by atoms with Gasteiger partial charge in [0.15, 0.2) is 0 Å². The van der Waals surface area contributed by atoms with Crippen molar-refractivity contribution in [2.45, 2.75) is 4.90 Å². The van der Waals surface area contributed by atoms with Crippen molar-refractivity contribution in [1.29, 1.82) is 0 Å². The second-order valence-corrected chi connectivity index (χ2v) is 5.01. The van der Waals surface area contributed by atoms with Gasteiger partial charge in [0.25, 0.3) is 10.0 Å². The molecule has 0 aliphatic rings. The number of benzene rings is 1. The third kappa shape index (κ3) is 2.54. The van der Waals surface area contributed by atoms with E-state index in [1.54, 1.807) is 0 Å². The minimum atomic E-state index is -4.01. The number of nitrogen functional groups attached to an aromatic ring is 1. The lowest BCUT2D eigenvalue weighted by atomic mass is 10.3. The first-order chi connectivity index (χ1) is 8.49. The van der Waals surface area contributed by atoms with E-state index in [-0.39, 0.29) is 16.5 Å². The molecule has 6 nitrogen and oxygen atoms in total. The molecule has 0 atom stereocenters. The highest BCUT2D eigenvalue weighted by Crippen LogP contribution is 2.20. The van der Waals surface area contributed by atoms with Gasteiger partial charge in [-0.3, -0.25) is 0 Å². The smallest absolute Gasteiger partial charge is 0.266 e. The fraction of sp³-hybridized carbons (Fsp3) is 0. The molecule has 18 heavy (non-hydrogen) atoms. The summed E-state index contributed by atoms with van der Waals surface area (Å²) in [7, 11) is -4.01. The zero-order valence-electron chi connectivity index (χ0n) is 9.04. The average molecular weight is 268 g/mol. The average Bonchev–Trinajstić information content (AvgIpc) is 2.33. The Hall–Kier alpha value is -2.22. The van der Waals surface area contributed by atoms with E-state index in [4.69, 9.17) is 5.73 Å². The van der Waals surface area contributed by atoms with Gasteiger partial charge in [-0.05, 0) is 24.3 Å². The van der Waals surface area contributed by atoms with Gasteiger partial charge < -0.3 is 5.73 Å². The molecule has 8 heteroatoms. The van der Waals surface area contributed by atoms with Crippen LogP contribution in [0.25, 0.3) is 0 Å².